The summed E-state index contributed by atoms with van der Waals surface area (Å²) in [4.78, 5) is 23.7. The molecule has 0 bridgehead atoms. The second kappa shape index (κ2) is 10.5. The van der Waals surface area contributed by atoms with Crippen LogP contribution in [0.2, 0.25) is 0 Å². The van der Waals surface area contributed by atoms with Gasteiger partial charge in [0.2, 0.25) is 5.91 Å². The van der Waals surface area contributed by atoms with E-state index in [0.29, 0.717) is 49.6 Å². The first-order chi connectivity index (χ1) is 12.6. The molecule has 2 aromatic rings. The van der Waals surface area contributed by atoms with E-state index in [9.17, 15) is 9.59 Å². The van der Waals surface area contributed by atoms with Gasteiger partial charge in [0.15, 0.2) is 11.5 Å². The van der Waals surface area contributed by atoms with E-state index < -0.39 is 0 Å². The number of hydrogen-bond donors (Lipinski definition) is 2. The fourth-order valence-electron chi connectivity index (χ4n) is 2.33. The summed E-state index contributed by atoms with van der Waals surface area (Å²) in [6.45, 7) is 3.37. The van der Waals surface area contributed by atoms with Crippen molar-refractivity contribution in [3.8, 4) is 11.5 Å². The molecule has 7 heteroatoms. The molecule has 0 spiro atoms. The molecule has 2 N–H and O–H groups in total. The molecule has 0 saturated heterocycles. The highest BCUT2D eigenvalue weighted by molar-refractivity contribution is 7.08. The van der Waals surface area contributed by atoms with Crippen molar-refractivity contribution in [3.05, 3.63) is 46.2 Å². The van der Waals surface area contributed by atoms with E-state index in [2.05, 4.69) is 10.6 Å². The number of benzene rings is 1. The van der Waals surface area contributed by atoms with Crippen LogP contribution in [-0.4, -0.2) is 32.1 Å². The van der Waals surface area contributed by atoms with E-state index in [1.807, 2.05) is 30.5 Å². The fraction of sp³-hybridized carbons (Fsp3) is 0.368. The maximum atomic E-state index is 11.9. The largest absolute Gasteiger partial charge is 0.493 e. The van der Waals surface area contributed by atoms with Crippen LogP contribution in [0.25, 0.3) is 0 Å². The zero-order valence-corrected chi connectivity index (χ0v) is 15.9. The highest BCUT2D eigenvalue weighted by Gasteiger charge is 2.08. The maximum Gasteiger partial charge on any atom is 0.252 e. The van der Waals surface area contributed by atoms with Gasteiger partial charge in [0.25, 0.3) is 5.91 Å². The Morgan fingerprint density at radius 1 is 1.15 bits per heavy atom. The summed E-state index contributed by atoms with van der Waals surface area (Å²) in [5.74, 6) is 1.18. The van der Waals surface area contributed by atoms with Crippen molar-refractivity contribution in [1.82, 2.24) is 10.6 Å². The molecule has 2 amide bonds. The van der Waals surface area contributed by atoms with Gasteiger partial charge in [-0.25, -0.2) is 0 Å². The molecule has 0 aliphatic carbocycles. The predicted molar refractivity (Wildman–Crippen MR) is 102 cm³/mol. The Bertz CT molecular complexity index is 716. The summed E-state index contributed by atoms with van der Waals surface area (Å²) in [6, 6.07) is 7.36. The van der Waals surface area contributed by atoms with Crippen LogP contribution in [0, 0.1) is 0 Å². The quantitative estimate of drug-likeness (QED) is 0.625. The van der Waals surface area contributed by atoms with Gasteiger partial charge in [0.05, 0.1) is 13.7 Å². The van der Waals surface area contributed by atoms with Crippen LogP contribution in [0.4, 0.5) is 0 Å². The van der Waals surface area contributed by atoms with Crippen LogP contribution in [-0.2, 0) is 11.3 Å². The van der Waals surface area contributed by atoms with Crippen LogP contribution in [0.3, 0.4) is 0 Å². The molecular weight excluding hydrogens is 352 g/mol. The third-order valence-corrected chi connectivity index (χ3v) is 4.35. The zero-order chi connectivity index (χ0) is 18.8. The van der Waals surface area contributed by atoms with E-state index in [0.717, 1.165) is 5.56 Å². The van der Waals surface area contributed by atoms with Gasteiger partial charge in [0.1, 0.15) is 0 Å². The Morgan fingerprint density at radius 3 is 2.69 bits per heavy atom. The van der Waals surface area contributed by atoms with Crippen molar-refractivity contribution < 1.29 is 19.1 Å². The summed E-state index contributed by atoms with van der Waals surface area (Å²) in [7, 11) is 1.59. The number of methoxy groups -OCH3 is 1. The molecule has 0 unspecified atom stereocenters. The first-order valence-electron chi connectivity index (χ1n) is 8.50. The summed E-state index contributed by atoms with van der Waals surface area (Å²) in [5.41, 5.74) is 1.59. The van der Waals surface area contributed by atoms with E-state index >= 15 is 0 Å². The number of carbonyl (C=O) groups excluding carboxylic acids is 2. The highest BCUT2D eigenvalue weighted by Crippen LogP contribution is 2.27. The van der Waals surface area contributed by atoms with Crippen LogP contribution in [0.1, 0.15) is 35.7 Å². The molecule has 2 rings (SSSR count). The third-order valence-electron chi connectivity index (χ3n) is 3.67. The van der Waals surface area contributed by atoms with E-state index in [1.54, 1.807) is 18.6 Å². The van der Waals surface area contributed by atoms with E-state index in [-0.39, 0.29) is 11.8 Å². The van der Waals surface area contributed by atoms with Crippen LogP contribution in [0.15, 0.2) is 35.0 Å². The SMILES string of the molecule is CCOc1ccc(CNC(=O)CCCNC(=O)c2ccsc2)cc1OC. The van der Waals surface area contributed by atoms with Crippen molar-refractivity contribution in [3.63, 3.8) is 0 Å². The number of amides is 2. The highest BCUT2D eigenvalue weighted by atomic mass is 32.1. The van der Waals surface area contributed by atoms with Gasteiger partial charge in [-0.05, 0) is 42.5 Å². The van der Waals surface area contributed by atoms with Gasteiger partial charge in [-0.2, -0.15) is 11.3 Å². The van der Waals surface area contributed by atoms with Crippen molar-refractivity contribution in [2.24, 2.45) is 0 Å². The van der Waals surface area contributed by atoms with Gasteiger partial charge in [-0.15, -0.1) is 0 Å². The number of thiophene rings is 1. The molecule has 1 aromatic heterocycles. The molecule has 0 fully saturated rings. The van der Waals surface area contributed by atoms with Gasteiger partial charge in [0, 0.05) is 30.5 Å². The van der Waals surface area contributed by atoms with Crippen LogP contribution in [0.5, 0.6) is 11.5 Å². The standard InChI is InChI=1S/C19H24N2O4S/c1-3-25-16-7-6-14(11-17(16)24-2)12-21-18(22)5-4-9-20-19(23)15-8-10-26-13-15/h6-8,10-11,13H,3-5,9,12H2,1-2H3,(H,20,23)(H,21,22). The minimum Gasteiger partial charge on any atom is -0.493 e. The lowest BCUT2D eigenvalue weighted by Crippen LogP contribution is -2.27. The first kappa shape index (κ1) is 19.8. The normalized spacial score (nSPS) is 10.2. The molecule has 1 aromatic carbocycles. The van der Waals surface area contributed by atoms with Gasteiger partial charge in [-0.1, -0.05) is 6.07 Å². The zero-order valence-electron chi connectivity index (χ0n) is 15.0. The monoisotopic (exact) mass is 376 g/mol. The summed E-state index contributed by atoms with van der Waals surface area (Å²) in [5, 5.41) is 9.33. The Balaban J connectivity index is 1.69. The second-order valence-electron chi connectivity index (χ2n) is 5.57. The number of rotatable bonds is 10. The lowest BCUT2D eigenvalue weighted by Gasteiger charge is -2.11. The van der Waals surface area contributed by atoms with Gasteiger partial charge >= 0.3 is 0 Å². The number of hydrogen-bond acceptors (Lipinski definition) is 5. The van der Waals surface area contributed by atoms with Gasteiger partial charge < -0.3 is 20.1 Å². The fourth-order valence-corrected chi connectivity index (χ4v) is 2.97. The summed E-state index contributed by atoms with van der Waals surface area (Å²) in [6.07, 6.45) is 0.951. The maximum absolute atomic E-state index is 11.9. The van der Waals surface area contributed by atoms with Crippen molar-refractivity contribution in [2.45, 2.75) is 26.3 Å². The number of nitrogens with one attached hydrogen (secondary N) is 2. The molecule has 0 aliphatic rings. The molecule has 140 valence electrons. The minimum atomic E-state index is -0.104. The average Bonchev–Trinajstić information content (AvgIpc) is 3.19. The Labute approximate surface area is 157 Å². The number of ether oxygens (including phenoxy) is 2. The lowest BCUT2D eigenvalue weighted by atomic mass is 10.2. The molecule has 0 atom stereocenters. The summed E-state index contributed by atoms with van der Waals surface area (Å²) < 4.78 is 10.8. The molecular formula is C19H24N2O4S. The predicted octanol–water partition coefficient (Wildman–Crippen LogP) is 2.98. The van der Waals surface area contributed by atoms with Crippen molar-refractivity contribution in [2.75, 3.05) is 20.3 Å². The average molecular weight is 376 g/mol. The second-order valence-corrected chi connectivity index (χ2v) is 6.35. The number of carbonyl (C=O) groups is 2. The lowest BCUT2D eigenvalue weighted by molar-refractivity contribution is -0.121. The molecule has 0 saturated carbocycles. The minimum absolute atomic E-state index is 0.0531. The van der Waals surface area contributed by atoms with Gasteiger partial charge in [-0.3, -0.25) is 9.59 Å². The Hall–Kier alpha value is -2.54. The van der Waals surface area contributed by atoms with E-state index in [4.69, 9.17) is 9.47 Å². The van der Waals surface area contributed by atoms with E-state index in [1.165, 1.54) is 11.3 Å². The first-order valence-corrected chi connectivity index (χ1v) is 9.45. The Kier molecular flexibility index (Phi) is 7.95. The summed E-state index contributed by atoms with van der Waals surface area (Å²) >= 11 is 1.48. The molecule has 6 nitrogen and oxygen atoms in total. The van der Waals surface area contributed by atoms with Crippen LogP contribution >= 0.6 is 11.3 Å². The van der Waals surface area contributed by atoms with Crippen LogP contribution < -0.4 is 20.1 Å². The Morgan fingerprint density at radius 2 is 2.00 bits per heavy atom. The molecule has 0 aliphatic heterocycles. The van der Waals surface area contributed by atoms with Crippen molar-refractivity contribution in [1.29, 1.82) is 0 Å². The molecule has 26 heavy (non-hydrogen) atoms. The molecule has 0 radical (unpaired) electrons. The topological polar surface area (TPSA) is 76.7 Å². The van der Waals surface area contributed by atoms with Crippen molar-refractivity contribution >= 4 is 23.2 Å². The smallest absolute Gasteiger partial charge is 0.252 e. The third kappa shape index (κ3) is 6.07. The molecule has 1 heterocycles.